The van der Waals surface area contributed by atoms with Gasteiger partial charge in [-0.25, -0.2) is 0 Å². The number of rotatable bonds is 6. The number of nitrogens with one attached hydrogen (secondary N) is 1. The van der Waals surface area contributed by atoms with Crippen molar-refractivity contribution in [2.24, 2.45) is 5.92 Å². The van der Waals surface area contributed by atoms with Gasteiger partial charge in [-0.2, -0.15) is 5.26 Å². The molecule has 1 aliphatic rings. The maximum absolute atomic E-state index is 8.44. The quantitative estimate of drug-likeness (QED) is 0.700. The van der Waals surface area contributed by atoms with Gasteiger partial charge in [0.1, 0.15) is 0 Å². The lowest BCUT2D eigenvalue weighted by Crippen LogP contribution is -2.48. The lowest BCUT2D eigenvalue weighted by molar-refractivity contribution is 0.153. The van der Waals surface area contributed by atoms with E-state index in [4.69, 9.17) is 5.26 Å². The summed E-state index contributed by atoms with van der Waals surface area (Å²) in [5.74, 6) is 0.754. The second kappa shape index (κ2) is 7.65. The third-order valence-electron chi connectivity index (χ3n) is 3.56. The normalized spacial score (nSPS) is 26.6. The third-order valence-corrected chi connectivity index (χ3v) is 3.56. The highest BCUT2D eigenvalue weighted by Crippen LogP contribution is 2.16. The Labute approximate surface area is 99.8 Å². The van der Waals surface area contributed by atoms with Crippen molar-refractivity contribution < 1.29 is 0 Å². The van der Waals surface area contributed by atoms with Gasteiger partial charge in [-0.1, -0.05) is 13.8 Å². The lowest BCUT2D eigenvalue weighted by Gasteiger charge is -2.36. The van der Waals surface area contributed by atoms with Crippen LogP contribution in [-0.4, -0.2) is 37.1 Å². The fourth-order valence-electron chi connectivity index (χ4n) is 2.44. The molecule has 0 radical (unpaired) electrons. The molecule has 0 aliphatic carbocycles. The summed E-state index contributed by atoms with van der Waals surface area (Å²) in [7, 11) is 0. The van der Waals surface area contributed by atoms with Gasteiger partial charge in [0, 0.05) is 19.0 Å². The molecule has 0 aromatic carbocycles. The molecule has 1 aliphatic heterocycles. The molecule has 0 amide bonds. The van der Waals surface area contributed by atoms with Crippen molar-refractivity contribution >= 4 is 0 Å². The molecule has 0 unspecified atom stereocenters. The average Bonchev–Trinajstić information content (AvgIpc) is 2.30. The summed E-state index contributed by atoms with van der Waals surface area (Å²) in [6.45, 7) is 9.29. The van der Waals surface area contributed by atoms with Crippen molar-refractivity contribution in [3.8, 4) is 6.07 Å². The maximum atomic E-state index is 8.44. The highest BCUT2D eigenvalue weighted by Gasteiger charge is 2.24. The Hall–Kier alpha value is -0.590. The highest BCUT2D eigenvalue weighted by atomic mass is 15.1. The van der Waals surface area contributed by atoms with Crippen LogP contribution in [0.5, 0.6) is 0 Å². The number of likely N-dealkylation sites (tertiary alicyclic amines) is 1. The first-order valence-electron chi connectivity index (χ1n) is 6.60. The molecule has 3 nitrogen and oxygen atoms in total. The SMILES string of the molecule is CCN1CC[C@@H](NCCCCC#N)[C@H](C)C1. The van der Waals surface area contributed by atoms with E-state index in [1.807, 2.05) is 0 Å². The van der Waals surface area contributed by atoms with E-state index in [1.165, 1.54) is 26.1 Å². The Morgan fingerprint density at radius 3 is 2.88 bits per heavy atom. The number of hydrogen-bond donors (Lipinski definition) is 1. The molecular weight excluding hydrogens is 198 g/mol. The summed E-state index contributed by atoms with van der Waals surface area (Å²) in [5, 5.41) is 12.1. The zero-order chi connectivity index (χ0) is 11.8. The van der Waals surface area contributed by atoms with Crippen LogP contribution in [-0.2, 0) is 0 Å². The van der Waals surface area contributed by atoms with Crippen LogP contribution < -0.4 is 5.32 Å². The zero-order valence-electron chi connectivity index (χ0n) is 10.7. The van der Waals surface area contributed by atoms with Crippen molar-refractivity contribution in [2.75, 3.05) is 26.2 Å². The number of unbranched alkanes of at least 4 members (excludes halogenated alkanes) is 2. The Bertz CT molecular complexity index is 222. The van der Waals surface area contributed by atoms with E-state index in [0.29, 0.717) is 12.5 Å². The molecular formula is C13H25N3. The van der Waals surface area contributed by atoms with Gasteiger partial charge >= 0.3 is 0 Å². The first-order valence-corrected chi connectivity index (χ1v) is 6.60. The molecule has 0 spiro atoms. The molecule has 1 N–H and O–H groups in total. The van der Waals surface area contributed by atoms with Gasteiger partial charge in [-0.3, -0.25) is 0 Å². The standard InChI is InChI=1S/C13H25N3/c1-3-16-10-7-13(12(2)11-16)15-9-6-4-5-8-14/h12-13,15H,3-7,9-11H2,1-2H3/t12-,13-/m1/s1. The number of piperidine rings is 1. The van der Waals surface area contributed by atoms with Crippen LogP contribution in [0.3, 0.4) is 0 Å². The zero-order valence-corrected chi connectivity index (χ0v) is 10.7. The monoisotopic (exact) mass is 223 g/mol. The van der Waals surface area contributed by atoms with Crippen molar-refractivity contribution in [2.45, 2.75) is 45.6 Å². The van der Waals surface area contributed by atoms with E-state index in [2.05, 4.69) is 30.1 Å². The Morgan fingerprint density at radius 2 is 2.25 bits per heavy atom. The fraction of sp³-hybridized carbons (Fsp3) is 0.923. The molecule has 0 bridgehead atoms. The van der Waals surface area contributed by atoms with Crippen molar-refractivity contribution in [3.63, 3.8) is 0 Å². The predicted octanol–water partition coefficient (Wildman–Crippen LogP) is 2.00. The first kappa shape index (κ1) is 13.5. The van der Waals surface area contributed by atoms with Gasteiger partial charge in [0.2, 0.25) is 0 Å². The summed E-state index contributed by atoms with van der Waals surface area (Å²) < 4.78 is 0. The summed E-state index contributed by atoms with van der Waals surface area (Å²) >= 11 is 0. The maximum Gasteiger partial charge on any atom is 0.0621 e. The summed E-state index contributed by atoms with van der Waals surface area (Å²) in [5.41, 5.74) is 0. The van der Waals surface area contributed by atoms with Gasteiger partial charge in [-0.05, 0) is 44.8 Å². The molecule has 2 atom stereocenters. The van der Waals surface area contributed by atoms with Crippen molar-refractivity contribution in [1.29, 1.82) is 5.26 Å². The van der Waals surface area contributed by atoms with Crippen LogP contribution in [0.2, 0.25) is 0 Å². The number of nitriles is 1. The number of hydrogen-bond acceptors (Lipinski definition) is 3. The third kappa shape index (κ3) is 4.51. The lowest BCUT2D eigenvalue weighted by atomic mass is 9.94. The largest absolute Gasteiger partial charge is 0.314 e. The highest BCUT2D eigenvalue weighted by molar-refractivity contribution is 4.82. The minimum Gasteiger partial charge on any atom is -0.314 e. The number of nitrogens with zero attached hydrogens (tertiary/aromatic N) is 2. The van der Waals surface area contributed by atoms with Gasteiger partial charge in [0.15, 0.2) is 0 Å². The van der Waals surface area contributed by atoms with Gasteiger partial charge in [-0.15, -0.1) is 0 Å². The minimum atomic E-state index is 0.685. The first-order chi connectivity index (χ1) is 7.77. The topological polar surface area (TPSA) is 39.1 Å². The van der Waals surface area contributed by atoms with Crippen molar-refractivity contribution in [1.82, 2.24) is 10.2 Å². The summed E-state index contributed by atoms with van der Waals surface area (Å²) in [4.78, 5) is 2.53. The van der Waals surface area contributed by atoms with Gasteiger partial charge in [0.05, 0.1) is 6.07 Å². The van der Waals surface area contributed by atoms with E-state index in [1.54, 1.807) is 0 Å². The van der Waals surface area contributed by atoms with Crippen LogP contribution in [0.15, 0.2) is 0 Å². The van der Waals surface area contributed by atoms with E-state index in [9.17, 15) is 0 Å². The molecule has 16 heavy (non-hydrogen) atoms. The van der Waals surface area contributed by atoms with Gasteiger partial charge in [0.25, 0.3) is 0 Å². The van der Waals surface area contributed by atoms with Crippen LogP contribution in [0.25, 0.3) is 0 Å². The van der Waals surface area contributed by atoms with E-state index >= 15 is 0 Å². The molecule has 0 aromatic heterocycles. The molecule has 0 aromatic rings. The Kier molecular flexibility index (Phi) is 6.44. The second-order valence-electron chi connectivity index (χ2n) is 4.84. The van der Waals surface area contributed by atoms with Crippen molar-refractivity contribution in [3.05, 3.63) is 0 Å². The molecule has 1 rings (SSSR count). The molecule has 3 heteroatoms. The summed E-state index contributed by atoms with van der Waals surface area (Å²) in [6, 6.07) is 2.88. The van der Waals surface area contributed by atoms with E-state index < -0.39 is 0 Å². The molecule has 1 saturated heterocycles. The molecule has 1 fully saturated rings. The van der Waals surface area contributed by atoms with E-state index in [-0.39, 0.29) is 0 Å². The van der Waals surface area contributed by atoms with Crippen LogP contribution in [0.1, 0.15) is 39.5 Å². The van der Waals surface area contributed by atoms with Gasteiger partial charge < -0.3 is 10.2 Å². The molecule has 92 valence electrons. The minimum absolute atomic E-state index is 0.685. The smallest absolute Gasteiger partial charge is 0.0621 e. The summed E-state index contributed by atoms with van der Waals surface area (Å²) in [6.07, 6.45) is 4.14. The second-order valence-corrected chi connectivity index (χ2v) is 4.84. The molecule has 1 heterocycles. The Morgan fingerprint density at radius 1 is 1.44 bits per heavy atom. The average molecular weight is 223 g/mol. The van der Waals surface area contributed by atoms with E-state index in [0.717, 1.165) is 25.3 Å². The van der Waals surface area contributed by atoms with Crippen LogP contribution in [0, 0.1) is 17.2 Å². The Balaban J connectivity index is 2.11. The fourth-order valence-corrected chi connectivity index (χ4v) is 2.44. The van der Waals surface area contributed by atoms with Crippen LogP contribution in [0.4, 0.5) is 0 Å². The predicted molar refractivity (Wildman–Crippen MR) is 67.1 cm³/mol. The molecule has 0 saturated carbocycles. The van der Waals surface area contributed by atoms with Crippen LogP contribution >= 0.6 is 0 Å².